The lowest BCUT2D eigenvalue weighted by molar-refractivity contribution is -0.0781. The number of nitrogens with one attached hydrogen (secondary N) is 1. The van der Waals surface area contributed by atoms with Gasteiger partial charge in [-0.05, 0) is 32.9 Å². The van der Waals surface area contributed by atoms with Crippen LogP contribution >= 0.6 is 12.4 Å². The molecule has 0 aliphatic carbocycles. The summed E-state index contributed by atoms with van der Waals surface area (Å²) in [6.07, 6.45) is 6.33. The molecule has 3 rings (SSSR count). The third kappa shape index (κ3) is 5.27. The molecule has 26 heavy (non-hydrogen) atoms. The van der Waals surface area contributed by atoms with Crippen LogP contribution in [0.4, 0.5) is 0 Å². The van der Waals surface area contributed by atoms with Gasteiger partial charge in [0.15, 0.2) is 0 Å². The molecule has 0 amide bonds. The minimum absolute atomic E-state index is 0. The van der Waals surface area contributed by atoms with E-state index in [1.807, 2.05) is 36.3 Å². The summed E-state index contributed by atoms with van der Waals surface area (Å²) in [5.41, 5.74) is 3.35. The van der Waals surface area contributed by atoms with E-state index in [2.05, 4.69) is 47.3 Å². The highest BCUT2D eigenvalue weighted by Gasteiger charge is 2.25. The van der Waals surface area contributed by atoms with Crippen LogP contribution in [0.2, 0.25) is 0 Å². The third-order valence-corrected chi connectivity index (χ3v) is 4.68. The van der Waals surface area contributed by atoms with Gasteiger partial charge in [0.1, 0.15) is 0 Å². The molecule has 144 valence electrons. The van der Waals surface area contributed by atoms with Gasteiger partial charge in [0.25, 0.3) is 0 Å². The van der Waals surface area contributed by atoms with Gasteiger partial charge in [0.2, 0.25) is 0 Å². The van der Waals surface area contributed by atoms with Crippen LogP contribution in [0, 0.1) is 0 Å². The highest BCUT2D eigenvalue weighted by atomic mass is 35.5. The van der Waals surface area contributed by atoms with Crippen molar-refractivity contribution in [1.82, 2.24) is 25.0 Å². The Morgan fingerprint density at radius 1 is 1.23 bits per heavy atom. The average Bonchev–Trinajstić information content (AvgIpc) is 2.95. The lowest BCUT2D eigenvalue weighted by Crippen LogP contribution is -2.51. The zero-order valence-corrected chi connectivity index (χ0v) is 16.9. The maximum absolute atomic E-state index is 5.83. The number of nitrogens with zero attached hydrogens (tertiary/aromatic N) is 4. The summed E-state index contributed by atoms with van der Waals surface area (Å²) < 4.78 is 7.71. The van der Waals surface area contributed by atoms with Crippen LogP contribution in [0.1, 0.15) is 26.3 Å². The number of hydrogen-bond acceptors (Lipinski definition) is 5. The highest BCUT2D eigenvalue weighted by molar-refractivity contribution is 5.85. The van der Waals surface area contributed by atoms with Crippen molar-refractivity contribution < 1.29 is 4.74 Å². The van der Waals surface area contributed by atoms with Crippen LogP contribution in [0.25, 0.3) is 11.3 Å². The lowest BCUT2D eigenvalue weighted by atomic mass is 10.1. The quantitative estimate of drug-likeness (QED) is 0.835. The number of rotatable bonds is 6. The molecule has 0 aromatic carbocycles. The van der Waals surface area contributed by atoms with E-state index in [4.69, 9.17) is 4.74 Å². The molecule has 0 spiro atoms. The van der Waals surface area contributed by atoms with Crippen molar-refractivity contribution in [3.05, 3.63) is 36.3 Å². The van der Waals surface area contributed by atoms with Gasteiger partial charge in [-0.15, -0.1) is 12.4 Å². The number of morpholine rings is 1. The molecule has 2 aromatic rings. The number of ether oxygens (including phenoxy) is 1. The number of pyridine rings is 1. The first-order valence-electron chi connectivity index (χ1n) is 9.06. The molecular weight excluding hydrogens is 350 g/mol. The fourth-order valence-corrected chi connectivity index (χ4v) is 3.54. The van der Waals surface area contributed by atoms with Crippen LogP contribution in [0.3, 0.4) is 0 Å². The molecule has 1 N–H and O–H groups in total. The summed E-state index contributed by atoms with van der Waals surface area (Å²) in [6.45, 7) is 10.4. The molecule has 0 saturated carbocycles. The van der Waals surface area contributed by atoms with Crippen LogP contribution in [0.5, 0.6) is 0 Å². The minimum Gasteiger partial charge on any atom is -0.373 e. The molecule has 0 radical (unpaired) electrons. The van der Waals surface area contributed by atoms with Crippen molar-refractivity contribution in [2.24, 2.45) is 7.05 Å². The fraction of sp³-hybridized carbons (Fsp3) is 0.579. The summed E-state index contributed by atoms with van der Waals surface area (Å²) in [4.78, 5) is 6.60. The van der Waals surface area contributed by atoms with Gasteiger partial charge in [0.05, 0.1) is 17.9 Å². The second kappa shape index (κ2) is 9.46. The Hall–Kier alpha value is -1.47. The Morgan fingerprint density at radius 2 is 1.88 bits per heavy atom. The number of aryl methyl sites for hydroxylation is 1. The van der Waals surface area contributed by atoms with E-state index in [-0.39, 0.29) is 12.4 Å². The molecule has 3 unspecified atom stereocenters. The molecule has 1 fully saturated rings. The average molecular weight is 380 g/mol. The molecule has 0 bridgehead atoms. The van der Waals surface area contributed by atoms with Crippen LogP contribution in [0.15, 0.2) is 30.7 Å². The van der Waals surface area contributed by atoms with Crippen LogP contribution < -0.4 is 5.32 Å². The van der Waals surface area contributed by atoms with Crippen molar-refractivity contribution in [1.29, 1.82) is 0 Å². The van der Waals surface area contributed by atoms with E-state index in [0.717, 1.165) is 37.4 Å². The molecule has 2 aromatic heterocycles. The van der Waals surface area contributed by atoms with E-state index in [0.29, 0.717) is 18.2 Å². The Balaban J connectivity index is 0.00000243. The highest BCUT2D eigenvalue weighted by Crippen LogP contribution is 2.21. The molecule has 1 aliphatic heterocycles. The number of halogens is 1. The fourth-order valence-electron chi connectivity index (χ4n) is 3.54. The zero-order valence-electron chi connectivity index (χ0n) is 16.1. The van der Waals surface area contributed by atoms with Gasteiger partial charge < -0.3 is 10.1 Å². The molecule has 6 nitrogen and oxygen atoms in total. The van der Waals surface area contributed by atoms with Crippen LogP contribution in [-0.2, 0) is 18.3 Å². The topological polar surface area (TPSA) is 55.2 Å². The van der Waals surface area contributed by atoms with E-state index in [1.54, 1.807) is 0 Å². The van der Waals surface area contributed by atoms with Gasteiger partial charge >= 0.3 is 0 Å². The molecule has 7 heteroatoms. The molecule has 3 atom stereocenters. The monoisotopic (exact) mass is 379 g/mol. The van der Waals surface area contributed by atoms with E-state index in [9.17, 15) is 0 Å². The lowest BCUT2D eigenvalue weighted by Gasteiger charge is -2.39. The number of hydrogen-bond donors (Lipinski definition) is 1. The first kappa shape index (κ1) is 20.8. The normalized spacial score (nSPS) is 22.0. The summed E-state index contributed by atoms with van der Waals surface area (Å²) in [5.74, 6) is 0. The Bertz CT molecular complexity index is 668. The largest absolute Gasteiger partial charge is 0.373 e. The Morgan fingerprint density at radius 3 is 2.54 bits per heavy atom. The van der Waals surface area contributed by atoms with Gasteiger partial charge in [0, 0.05) is 69.0 Å². The second-order valence-electron chi connectivity index (χ2n) is 7.10. The smallest absolute Gasteiger partial charge is 0.0969 e. The van der Waals surface area contributed by atoms with Crippen LogP contribution in [-0.4, -0.2) is 57.5 Å². The summed E-state index contributed by atoms with van der Waals surface area (Å²) in [7, 11) is 1.97. The Labute approximate surface area is 162 Å². The standard InChI is InChI=1S/C19H29N5O.ClH/c1-14(24-11-15(2)25-16(3)12-24)9-21-10-18-13-23(4)22-19(18)17-5-7-20-8-6-17;/h5-8,13-16,21H,9-12H2,1-4H3;1H. The molecule has 3 heterocycles. The molecule has 1 aliphatic rings. The van der Waals surface area contributed by atoms with Gasteiger partial charge in [-0.25, -0.2) is 0 Å². The molecular formula is C19H30ClN5O. The van der Waals surface area contributed by atoms with Crippen molar-refractivity contribution in [3.8, 4) is 11.3 Å². The van der Waals surface area contributed by atoms with Gasteiger partial charge in [-0.3, -0.25) is 14.6 Å². The Kier molecular flexibility index (Phi) is 7.58. The van der Waals surface area contributed by atoms with Crippen molar-refractivity contribution in [2.75, 3.05) is 19.6 Å². The second-order valence-corrected chi connectivity index (χ2v) is 7.10. The predicted octanol–water partition coefficient (Wildman–Crippen LogP) is 2.49. The first-order chi connectivity index (χ1) is 12.0. The van der Waals surface area contributed by atoms with Gasteiger partial charge in [-0.1, -0.05) is 0 Å². The van der Waals surface area contributed by atoms with E-state index in [1.165, 1.54) is 5.56 Å². The van der Waals surface area contributed by atoms with Crippen molar-refractivity contribution >= 4 is 12.4 Å². The zero-order chi connectivity index (χ0) is 17.8. The minimum atomic E-state index is 0. The number of aromatic nitrogens is 3. The SMILES string of the molecule is CC1CN(C(C)CNCc2cn(C)nc2-c2ccncc2)CC(C)O1.Cl. The van der Waals surface area contributed by atoms with Crippen molar-refractivity contribution in [2.45, 2.75) is 45.6 Å². The maximum atomic E-state index is 5.83. The maximum Gasteiger partial charge on any atom is 0.0969 e. The molecule has 1 saturated heterocycles. The summed E-state index contributed by atoms with van der Waals surface area (Å²) in [5, 5.41) is 8.21. The summed E-state index contributed by atoms with van der Waals surface area (Å²) >= 11 is 0. The van der Waals surface area contributed by atoms with E-state index < -0.39 is 0 Å². The summed E-state index contributed by atoms with van der Waals surface area (Å²) in [6, 6.07) is 4.49. The van der Waals surface area contributed by atoms with Gasteiger partial charge in [-0.2, -0.15) is 5.10 Å². The predicted molar refractivity (Wildman–Crippen MR) is 106 cm³/mol. The first-order valence-corrected chi connectivity index (χ1v) is 9.06. The van der Waals surface area contributed by atoms with Crippen molar-refractivity contribution in [3.63, 3.8) is 0 Å². The third-order valence-electron chi connectivity index (χ3n) is 4.68. The van der Waals surface area contributed by atoms with E-state index >= 15 is 0 Å².